The molecule has 0 aliphatic carbocycles. The molecule has 0 atom stereocenters. The number of aromatic nitrogens is 6. The quantitative estimate of drug-likeness (QED) is 0.110. The van der Waals surface area contributed by atoms with E-state index < -0.39 is 0 Å². The summed E-state index contributed by atoms with van der Waals surface area (Å²) in [5.41, 5.74) is 37.4. The van der Waals surface area contributed by atoms with Crippen LogP contribution in [-0.2, 0) is 0 Å². The Bertz CT molecular complexity index is 11300. The average molecular weight is 1920 g/mol. The molecule has 0 amide bonds. The van der Waals surface area contributed by atoms with Gasteiger partial charge in [-0.3, -0.25) is 0 Å². The van der Waals surface area contributed by atoms with Gasteiger partial charge in [-0.15, -0.1) is 34.0 Å². The van der Waals surface area contributed by atoms with Crippen LogP contribution >= 0.6 is 34.0 Å². The van der Waals surface area contributed by atoms with Crippen LogP contribution in [-0.4, -0.2) is 27.4 Å². The molecule has 23 aromatic carbocycles. The van der Waals surface area contributed by atoms with Crippen molar-refractivity contribution in [2.24, 2.45) is 0 Å². The summed E-state index contributed by atoms with van der Waals surface area (Å²) in [5, 5.41) is 22.4. The van der Waals surface area contributed by atoms with Gasteiger partial charge in [0.1, 0.15) is 0 Å². The molecule has 0 aliphatic rings. The SMILES string of the molecule is c1ccc(-n2c3ccccc3c3ccc(-c4cccc5c4c4ccccc4n5-c4cccc(-c5ccc6c(c5)sc5ccc(-c7cc(-c8ccc(-n9c%10ccccc%10c%10ccc(-c%11cccc%12c%11c%11ccccc%11n%12-c%11ccc%12c(c%11)sc%11ccccc%11%12)cc%109)cc8)cc8sc9ccc(-c%10ccccc%10-n%10c%11ccccc%11c%11c(-c%12ccc%13c%14ccccc%14n(-c%14ccccc%14)c%13c%12)cccc%11%10)cc9c78)cc56)c4)cc32)cc1. The fraction of sp³-hybridized carbons (Fsp3) is 0. The molecule has 0 saturated carbocycles. The molecule has 9 heterocycles. The molecule has 682 valence electrons. The van der Waals surface area contributed by atoms with Crippen LogP contribution in [0, 0.1) is 0 Å². The second kappa shape index (κ2) is 32.0. The maximum atomic E-state index is 2.52. The Hall–Kier alpha value is -18.5. The van der Waals surface area contributed by atoms with Gasteiger partial charge < -0.3 is 27.4 Å². The second-order valence-electron chi connectivity index (χ2n) is 39.2. The Morgan fingerprint density at radius 2 is 0.429 bits per heavy atom. The predicted molar refractivity (Wildman–Crippen MR) is 629 cm³/mol. The number of rotatable bonds is 13. The van der Waals surface area contributed by atoms with Gasteiger partial charge >= 0.3 is 0 Å². The van der Waals surface area contributed by atoms with Gasteiger partial charge in [-0.05, 0) is 260 Å². The lowest BCUT2D eigenvalue weighted by molar-refractivity contribution is 1.18. The maximum Gasteiger partial charge on any atom is 0.0547 e. The summed E-state index contributed by atoms with van der Waals surface area (Å²) in [4.78, 5) is 0. The molecule has 0 aliphatic heterocycles. The van der Waals surface area contributed by atoms with Crippen LogP contribution in [0.5, 0.6) is 0 Å². The van der Waals surface area contributed by atoms with Crippen molar-refractivity contribution in [1.29, 1.82) is 0 Å². The number of thiophene rings is 3. The summed E-state index contributed by atoms with van der Waals surface area (Å²) in [6, 6.07) is 187. The van der Waals surface area contributed by atoms with Crippen LogP contribution < -0.4 is 0 Å². The fourth-order valence-corrected chi connectivity index (χ4v) is 28.4. The minimum absolute atomic E-state index is 1.10. The van der Waals surface area contributed by atoms with Crippen LogP contribution in [0.2, 0.25) is 0 Å². The number of hydrogen-bond donors (Lipinski definition) is 0. The van der Waals surface area contributed by atoms with Crippen molar-refractivity contribution in [1.82, 2.24) is 27.4 Å². The maximum absolute atomic E-state index is 2.52. The molecular formula is C138H82N6S3. The molecule has 9 heteroatoms. The van der Waals surface area contributed by atoms with E-state index in [4.69, 9.17) is 0 Å². The van der Waals surface area contributed by atoms with Crippen LogP contribution in [0.15, 0.2) is 497 Å². The van der Waals surface area contributed by atoms with Crippen molar-refractivity contribution < 1.29 is 0 Å². The normalized spacial score (nSPS) is 12.2. The third kappa shape index (κ3) is 12.4. The number of fused-ring (bicyclic) bond motifs is 27. The molecule has 147 heavy (non-hydrogen) atoms. The number of para-hydroxylation sites is 9. The Balaban J connectivity index is 0.528. The highest BCUT2D eigenvalue weighted by molar-refractivity contribution is 7.26. The van der Waals surface area contributed by atoms with Crippen molar-refractivity contribution >= 4 is 225 Å². The minimum atomic E-state index is 1.10. The third-order valence-corrected chi connectivity index (χ3v) is 34.8. The highest BCUT2D eigenvalue weighted by Gasteiger charge is 2.28. The topological polar surface area (TPSA) is 29.6 Å². The zero-order chi connectivity index (χ0) is 95.9. The van der Waals surface area contributed by atoms with Crippen LogP contribution in [0.25, 0.3) is 303 Å². The third-order valence-electron chi connectivity index (χ3n) is 31.4. The van der Waals surface area contributed by atoms with Gasteiger partial charge in [-0.1, -0.05) is 309 Å². The van der Waals surface area contributed by atoms with E-state index in [-0.39, 0.29) is 0 Å². The average Bonchev–Trinajstić information content (AvgIpc) is 1.58. The van der Waals surface area contributed by atoms with Crippen molar-refractivity contribution in [2.75, 3.05) is 0 Å². The number of hydrogen-bond acceptors (Lipinski definition) is 3. The predicted octanol–water partition coefficient (Wildman–Crippen LogP) is 39.0. The van der Waals surface area contributed by atoms with E-state index in [1.165, 1.54) is 225 Å². The summed E-state index contributed by atoms with van der Waals surface area (Å²) in [6.45, 7) is 0. The Morgan fingerprint density at radius 3 is 0.980 bits per heavy atom. The van der Waals surface area contributed by atoms with Gasteiger partial charge in [0, 0.05) is 159 Å². The van der Waals surface area contributed by atoms with E-state index in [0.717, 1.165) is 78.5 Å². The van der Waals surface area contributed by atoms with E-state index >= 15 is 0 Å². The molecule has 0 fully saturated rings. The van der Waals surface area contributed by atoms with Gasteiger partial charge in [0.05, 0.1) is 71.9 Å². The van der Waals surface area contributed by atoms with Gasteiger partial charge in [-0.25, -0.2) is 0 Å². The number of nitrogens with zero attached hydrogens (tertiary/aromatic N) is 6. The molecule has 6 nitrogen and oxygen atoms in total. The van der Waals surface area contributed by atoms with Crippen molar-refractivity contribution in [3.8, 4) is 112 Å². The zero-order valence-electron chi connectivity index (χ0n) is 79.3. The summed E-state index contributed by atoms with van der Waals surface area (Å²) < 4.78 is 22.4. The first-order chi connectivity index (χ1) is 72.9. The smallest absolute Gasteiger partial charge is 0.0547 e. The first kappa shape index (κ1) is 82.1. The monoisotopic (exact) mass is 1920 g/mol. The Kier molecular flexibility index (Phi) is 17.9. The molecule has 32 aromatic rings. The molecule has 0 N–H and O–H groups in total. The molecule has 0 radical (unpaired) electrons. The number of benzene rings is 23. The van der Waals surface area contributed by atoms with Crippen LogP contribution in [0.3, 0.4) is 0 Å². The molecule has 0 bridgehead atoms. The molecule has 0 spiro atoms. The minimum Gasteiger partial charge on any atom is -0.309 e. The van der Waals surface area contributed by atoms with Crippen LogP contribution in [0.1, 0.15) is 0 Å². The largest absolute Gasteiger partial charge is 0.309 e. The summed E-state index contributed by atoms with van der Waals surface area (Å²) in [7, 11) is 0. The summed E-state index contributed by atoms with van der Waals surface area (Å²) in [6.07, 6.45) is 0. The Morgan fingerprint density at radius 1 is 0.116 bits per heavy atom. The first-order valence-corrected chi connectivity index (χ1v) is 52.8. The van der Waals surface area contributed by atoms with Gasteiger partial charge in [0.2, 0.25) is 0 Å². The molecule has 0 saturated heterocycles. The Labute approximate surface area is 855 Å². The van der Waals surface area contributed by atoms with Crippen LogP contribution in [0.4, 0.5) is 0 Å². The summed E-state index contributed by atoms with van der Waals surface area (Å²) in [5.74, 6) is 0. The molecule has 0 unspecified atom stereocenters. The highest BCUT2D eigenvalue weighted by Crippen LogP contribution is 2.53. The van der Waals surface area contributed by atoms with E-state index in [1.54, 1.807) is 0 Å². The van der Waals surface area contributed by atoms with Gasteiger partial charge in [0.25, 0.3) is 0 Å². The molecule has 9 aromatic heterocycles. The van der Waals surface area contributed by atoms with E-state index in [1.807, 2.05) is 34.0 Å². The lowest BCUT2D eigenvalue weighted by Crippen LogP contribution is -1.97. The second-order valence-corrected chi connectivity index (χ2v) is 42.5. The zero-order valence-corrected chi connectivity index (χ0v) is 81.7. The van der Waals surface area contributed by atoms with Crippen molar-refractivity contribution in [3.05, 3.63) is 497 Å². The first-order valence-electron chi connectivity index (χ1n) is 50.4. The van der Waals surface area contributed by atoms with E-state index in [0.29, 0.717) is 0 Å². The summed E-state index contributed by atoms with van der Waals surface area (Å²) >= 11 is 5.64. The van der Waals surface area contributed by atoms with Crippen molar-refractivity contribution in [2.45, 2.75) is 0 Å². The highest BCUT2D eigenvalue weighted by atomic mass is 32.1. The van der Waals surface area contributed by atoms with E-state index in [2.05, 4.69) is 525 Å². The lowest BCUT2D eigenvalue weighted by Gasteiger charge is -2.15. The van der Waals surface area contributed by atoms with Gasteiger partial charge in [0.15, 0.2) is 0 Å². The lowest BCUT2D eigenvalue weighted by atomic mass is 9.92. The van der Waals surface area contributed by atoms with E-state index in [9.17, 15) is 0 Å². The molecular weight excluding hydrogens is 1840 g/mol. The van der Waals surface area contributed by atoms with Crippen molar-refractivity contribution in [3.63, 3.8) is 0 Å². The molecule has 32 rings (SSSR count). The fourth-order valence-electron chi connectivity index (χ4n) is 25.0. The van der Waals surface area contributed by atoms with Gasteiger partial charge in [-0.2, -0.15) is 0 Å². The standard InChI is InChI=1S/C138H82N6S3/c1-3-28-92(29-4-1)139-117-45-16-8-34-101(117)104-66-58-88(77-126(104)139)98-41-24-51-123-135(98)110-38-11-19-48-120(110)142(123)95-32-23-27-84(73-95)85-57-69-109-114-74-87(62-71-130(114)146-132(109)80-85)113-76-91(83-55-63-94(64-56-83)141-119-47-18-10-36-103(119)106-68-59-89(79-128(106)141)99-42-25-52-124-136(99)111-39-12-20-49-121(111)143(124)96-65-70-108-107-37-14-22-54-129(107)145-133(108)82-96)81-134-138(113)115-75-86(61-72-131(115)147-134)97-33-7-15-44-116(97)144-122-50-21-13-40-112(122)137-100(43-26-53-125(137)144)90-60-67-105-102-35-9-17-46-118(102)140(127(105)78-90)93-30-5-2-6-31-93/h1-82H.